The van der Waals surface area contributed by atoms with Gasteiger partial charge >= 0.3 is 0 Å². The summed E-state index contributed by atoms with van der Waals surface area (Å²) in [5.74, 6) is -0.0279. The van der Waals surface area contributed by atoms with Crippen molar-refractivity contribution in [1.82, 2.24) is 10.2 Å². The van der Waals surface area contributed by atoms with E-state index in [-0.39, 0.29) is 11.6 Å². The second kappa shape index (κ2) is 6.10. The number of piperazine rings is 1. The van der Waals surface area contributed by atoms with Gasteiger partial charge in [-0.3, -0.25) is 14.9 Å². The molecule has 1 aliphatic rings. The molecule has 1 heterocycles. The van der Waals surface area contributed by atoms with E-state index < -0.39 is 4.92 Å². The SMILES string of the molecule is O=C(/C=C/c1ccc([N+](=O)[O-])cc1)N1CCNCC1. The molecule has 1 amide bonds. The number of carbonyl (C=O) groups excluding carboxylic acids is 1. The maximum absolute atomic E-state index is 11.8. The van der Waals surface area contributed by atoms with E-state index in [0.717, 1.165) is 18.7 Å². The zero-order chi connectivity index (χ0) is 13.7. The number of carbonyl (C=O) groups is 1. The molecule has 6 heteroatoms. The zero-order valence-electron chi connectivity index (χ0n) is 10.4. The number of hydrogen-bond acceptors (Lipinski definition) is 4. The fourth-order valence-corrected chi connectivity index (χ4v) is 1.87. The minimum absolute atomic E-state index is 0.0279. The van der Waals surface area contributed by atoms with Crippen LogP contribution in [0, 0.1) is 10.1 Å². The van der Waals surface area contributed by atoms with Crippen LogP contribution in [0.2, 0.25) is 0 Å². The van der Waals surface area contributed by atoms with Gasteiger partial charge in [-0.2, -0.15) is 0 Å². The van der Waals surface area contributed by atoms with Crippen molar-refractivity contribution in [3.05, 3.63) is 46.0 Å². The van der Waals surface area contributed by atoms with E-state index in [1.54, 1.807) is 23.1 Å². The molecule has 19 heavy (non-hydrogen) atoms. The molecule has 0 atom stereocenters. The van der Waals surface area contributed by atoms with Crippen LogP contribution in [0.1, 0.15) is 5.56 Å². The molecule has 1 N–H and O–H groups in total. The lowest BCUT2D eigenvalue weighted by atomic mass is 10.2. The molecule has 1 aromatic rings. The molecule has 0 bridgehead atoms. The third kappa shape index (κ3) is 3.62. The summed E-state index contributed by atoms with van der Waals surface area (Å²) in [6, 6.07) is 6.10. The Bertz CT molecular complexity index is 490. The second-order valence-electron chi connectivity index (χ2n) is 4.26. The van der Waals surface area contributed by atoms with Crippen LogP contribution in [-0.2, 0) is 4.79 Å². The molecule has 1 aromatic carbocycles. The summed E-state index contributed by atoms with van der Waals surface area (Å²) >= 11 is 0. The Balaban J connectivity index is 1.97. The lowest BCUT2D eigenvalue weighted by Gasteiger charge is -2.26. The Labute approximate surface area is 110 Å². The smallest absolute Gasteiger partial charge is 0.269 e. The molecule has 0 aromatic heterocycles. The van der Waals surface area contributed by atoms with Crippen LogP contribution in [0.15, 0.2) is 30.3 Å². The van der Waals surface area contributed by atoms with Crippen LogP contribution in [0.4, 0.5) is 5.69 Å². The third-order valence-corrected chi connectivity index (χ3v) is 2.95. The second-order valence-corrected chi connectivity index (χ2v) is 4.26. The van der Waals surface area contributed by atoms with Crippen molar-refractivity contribution < 1.29 is 9.72 Å². The number of rotatable bonds is 3. The van der Waals surface area contributed by atoms with E-state index in [1.165, 1.54) is 18.2 Å². The van der Waals surface area contributed by atoms with Gasteiger partial charge in [-0.05, 0) is 23.8 Å². The van der Waals surface area contributed by atoms with Gasteiger partial charge in [0, 0.05) is 44.4 Å². The first kappa shape index (κ1) is 13.2. The Kier molecular flexibility index (Phi) is 4.25. The molecule has 0 unspecified atom stereocenters. The van der Waals surface area contributed by atoms with Crippen LogP contribution in [0.3, 0.4) is 0 Å². The highest BCUT2D eigenvalue weighted by Gasteiger charge is 2.13. The summed E-state index contributed by atoms with van der Waals surface area (Å²) in [4.78, 5) is 23.7. The van der Waals surface area contributed by atoms with Crippen molar-refractivity contribution in [3.63, 3.8) is 0 Å². The molecule has 2 rings (SSSR count). The topological polar surface area (TPSA) is 75.5 Å². The molecule has 0 aliphatic carbocycles. The van der Waals surface area contributed by atoms with Gasteiger partial charge in [-0.15, -0.1) is 0 Å². The maximum Gasteiger partial charge on any atom is 0.269 e. The number of nitro groups is 1. The molecule has 0 spiro atoms. The number of nitrogens with one attached hydrogen (secondary N) is 1. The van der Waals surface area contributed by atoms with E-state index in [1.807, 2.05) is 0 Å². The van der Waals surface area contributed by atoms with Crippen molar-refractivity contribution in [2.75, 3.05) is 26.2 Å². The largest absolute Gasteiger partial charge is 0.337 e. The molecular weight excluding hydrogens is 246 g/mol. The monoisotopic (exact) mass is 261 g/mol. The molecule has 1 saturated heterocycles. The molecular formula is C13H15N3O3. The number of non-ortho nitro benzene ring substituents is 1. The van der Waals surface area contributed by atoms with Crippen molar-refractivity contribution in [2.45, 2.75) is 0 Å². The van der Waals surface area contributed by atoms with Crippen molar-refractivity contribution in [2.24, 2.45) is 0 Å². The Morgan fingerprint density at radius 1 is 1.26 bits per heavy atom. The fraction of sp³-hybridized carbons (Fsp3) is 0.308. The average Bonchev–Trinajstić information content (AvgIpc) is 2.46. The molecule has 0 saturated carbocycles. The number of hydrogen-bond donors (Lipinski definition) is 1. The molecule has 1 fully saturated rings. The van der Waals surface area contributed by atoms with Gasteiger partial charge in [-0.1, -0.05) is 0 Å². The van der Waals surface area contributed by atoms with Crippen molar-refractivity contribution in [3.8, 4) is 0 Å². The number of nitro benzene ring substituents is 1. The molecule has 0 radical (unpaired) electrons. The first-order valence-electron chi connectivity index (χ1n) is 6.09. The summed E-state index contributed by atoms with van der Waals surface area (Å²) < 4.78 is 0. The summed E-state index contributed by atoms with van der Waals surface area (Å²) in [6.45, 7) is 3.06. The van der Waals surface area contributed by atoms with Gasteiger partial charge in [0.1, 0.15) is 0 Å². The summed E-state index contributed by atoms with van der Waals surface area (Å²) in [5, 5.41) is 13.7. The third-order valence-electron chi connectivity index (χ3n) is 2.95. The van der Waals surface area contributed by atoms with Crippen molar-refractivity contribution >= 4 is 17.7 Å². The lowest BCUT2D eigenvalue weighted by Crippen LogP contribution is -2.45. The van der Waals surface area contributed by atoms with Crippen molar-refractivity contribution in [1.29, 1.82) is 0 Å². The van der Waals surface area contributed by atoms with E-state index in [4.69, 9.17) is 0 Å². The summed E-state index contributed by atoms with van der Waals surface area (Å²) in [5.41, 5.74) is 0.819. The quantitative estimate of drug-likeness (QED) is 0.501. The number of benzene rings is 1. The minimum Gasteiger partial charge on any atom is -0.337 e. The summed E-state index contributed by atoms with van der Waals surface area (Å²) in [6.07, 6.45) is 3.18. The first-order valence-corrected chi connectivity index (χ1v) is 6.09. The first-order chi connectivity index (χ1) is 9.16. The predicted octanol–water partition coefficient (Wildman–Crippen LogP) is 1.04. The van der Waals surface area contributed by atoms with Crippen LogP contribution in [0.25, 0.3) is 6.08 Å². The van der Waals surface area contributed by atoms with Gasteiger partial charge in [0.05, 0.1) is 4.92 Å². The van der Waals surface area contributed by atoms with Crippen LogP contribution in [0.5, 0.6) is 0 Å². The number of amides is 1. The normalized spacial score (nSPS) is 15.7. The van der Waals surface area contributed by atoms with Crippen LogP contribution in [-0.4, -0.2) is 41.9 Å². The van der Waals surface area contributed by atoms with E-state index >= 15 is 0 Å². The molecule has 1 aliphatic heterocycles. The van der Waals surface area contributed by atoms with Gasteiger partial charge in [0.25, 0.3) is 5.69 Å². The Morgan fingerprint density at radius 2 is 1.89 bits per heavy atom. The predicted molar refractivity (Wildman–Crippen MR) is 71.6 cm³/mol. The Morgan fingerprint density at radius 3 is 2.47 bits per heavy atom. The van der Waals surface area contributed by atoms with E-state index in [9.17, 15) is 14.9 Å². The zero-order valence-corrected chi connectivity index (χ0v) is 10.4. The maximum atomic E-state index is 11.8. The highest BCUT2D eigenvalue weighted by Crippen LogP contribution is 2.13. The number of nitrogens with zero attached hydrogens (tertiary/aromatic N) is 2. The highest BCUT2D eigenvalue weighted by atomic mass is 16.6. The molecule has 100 valence electrons. The van der Waals surface area contributed by atoms with Crippen LogP contribution >= 0.6 is 0 Å². The lowest BCUT2D eigenvalue weighted by molar-refractivity contribution is -0.384. The van der Waals surface area contributed by atoms with Gasteiger partial charge in [-0.25, -0.2) is 0 Å². The summed E-state index contributed by atoms with van der Waals surface area (Å²) in [7, 11) is 0. The van der Waals surface area contributed by atoms with Crippen LogP contribution < -0.4 is 5.32 Å². The Hall–Kier alpha value is -2.21. The average molecular weight is 261 g/mol. The standard InChI is InChI=1S/C13H15N3O3/c17-13(15-9-7-14-8-10-15)6-3-11-1-4-12(5-2-11)16(18)19/h1-6,14H,7-10H2/b6-3+. The van der Waals surface area contributed by atoms with Gasteiger partial charge in [0.2, 0.25) is 5.91 Å². The van der Waals surface area contributed by atoms with Gasteiger partial charge < -0.3 is 10.2 Å². The minimum atomic E-state index is -0.445. The van der Waals surface area contributed by atoms with E-state index in [0.29, 0.717) is 13.1 Å². The molecule has 6 nitrogen and oxygen atoms in total. The fourth-order valence-electron chi connectivity index (χ4n) is 1.87. The van der Waals surface area contributed by atoms with E-state index in [2.05, 4.69) is 5.32 Å². The highest BCUT2D eigenvalue weighted by molar-refractivity contribution is 5.91. The van der Waals surface area contributed by atoms with Gasteiger partial charge in [0.15, 0.2) is 0 Å².